The third kappa shape index (κ3) is 3.06. The van der Waals surface area contributed by atoms with Gasteiger partial charge in [-0.3, -0.25) is 4.90 Å². The first-order valence-electron chi connectivity index (χ1n) is 7.63. The van der Waals surface area contributed by atoms with Crippen LogP contribution in [0.3, 0.4) is 0 Å². The topological polar surface area (TPSA) is 62.4 Å². The van der Waals surface area contributed by atoms with Gasteiger partial charge in [0.25, 0.3) is 0 Å². The number of hydrogen-bond donors (Lipinski definition) is 1. The Kier molecular flexibility index (Phi) is 3.95. The average Bonchev–Trinajstić information content (AvgIpc) is 3.30. The Hall–Kier alpha value is -2.02. The second-order valence-corrected chi connectivity index (χ2v) is 6.77. The van der Waals surface area contributed by atoms with Crippen LogP contribution >= 0.6 is 11.3 Å². The maximum absolute atomic E-state index is 10.1. The highest BCUT2D eigenvalue weighted by Gasteiger charge is 2.36. The number of rotatable bonds is 4. The molecule has 2 atom stereocenters. The summed E-state index contributed by atoms with van der Waals surface area (Å²) >= 11 is 1.72. The van der Waals surface area contributed by atoms with Crippen LogP contribution in [-0.4, -0.2) is 32.8 Å². The van der Waals surface area contributed by atoms with Crippen molar-refractivity contribution in [3.05, 3.63) is 58.6 Å². The van der Waals surface area contributed by atoms with Crippen molar-refractivity contribution < 1.29 is 9.63 Å². The number of β-amino-alcohol motifs (C(OH)–C–C–N with tert-alkyl or cyclic N) is 1. The summed E-state index contributed by atoms with van der Waals surface area (Å²) in [6.45, 7) is 1.42. The number of aliphatic hydroxyl groups excluding tert-OH is 1. The summed E-state index contributed by atoms with van der Waals surface area (Å²) in [5, 5.41) is 16.2. The second kappa shape index (κ2) is 6.23. The van der Waals surface area contributed by atoms with E-state index in [0.29, 0.717) is 24.7 Å². The molecule has 0 bridgehead atoms. The van der Waals surface area contributed by atoms with Crippen LogP contribution in [0.15, 0.2) is 52.4 Å². The van der Waals surface area contributed by atoms with E-state index in [1.54, 1.807) is 11.3 Å². The van der Waals surface area contributed by atoms with Crippen LogP contribution in [0.5, 0.6) is 0 Å². The Labute approximate surface area is 138 Å². The normalized spacial score (nSPS) is 21.8. The molecule has 1 fully saturated rings. The number of likely N-dealkylation sites (tertiary alicyclic amines) is 1. The van der Waals surface area contributed by atoms with E-state index in [9.17, 15) is 5.11 Å². The highest BCUT2D eigenvalue weighted by Crippen LogP contribution is 2.34. The van der Waals surface area contributed by atoms with Crippen LogP contribution in [0.2, 0.25) is 0 Å². The molecule has 118 valence electrons. The van der Waals surface area contributed by atoms with E-state index in [1.807, 2.05) is 36.4 Å². The van der Waals surface area contributed by atoms with Gasteiger partial charge in [0.1, 0.15) is 0 Å². The summed E-state index contributed by atoms with van der Waals surface area (Å²) in [5.74, 6) is 1.18. The van der Waals surface area contributed by atoms with Crippen LogP contribution < -0.4 is 0 Å². The van der Waals surface area contributed by atoms with E-state index in [-0.39, 0.29) is 12.1 Å². The van der Waals surface area contributed by atoms with E-state index < -0.39 is 0 Å². The molecule has 3 aromatic rings. The molecule has 6 heteroatoms. The summed E-state index contributed by atoms with van der Waals surface area (Å²) in [6.07, 6.45) is 0.272. The zero-order valence-corrected chi connectivity index (χ0v) is 13.3. The molecule has 4 rings (SSSR count). The lowest BCUT2D eigenvalue weighted by Crippen LogP contribution is -2.24. The van der Waals surface area contributed by atoms with Gasteiger partial charge in [-0.2, -0.15) is 4.98 Å². The number of nitrogens with zero attached hydrogens (tertiary/aromatic N) is 3. The molecule has 1 aliphatic rings. The summed E-state index contributed by atoms with van der Waals surface area (Å²) in [5.41, 5.74) is 0.936. The van der Waals surface area contributed by atoms with Gasteiger partial charge in [-0.05, 0) is 17.9 Å². The van der Waals surface area contributed by atoms with E-state index >= 15 is 0 Å². The van der Waals surface area contributed by atoms with Crippen LogP contribution in [0, 0.1) is 0 Å². The van der Waals surface area contributed by atoms with Crippen molar-refractivity contribution in [3.63, 3.8) is 0 Å². The molecule has 1 saturated heterocycles. The maximum atomic E-state index is 10.1. The zero-order chi connectivity index (χ0) is 15.6. The predicted molar refractivity (Wildman–Crippen MR) is 87.8 cm³/mol. The number of aromatic nitrogens is 2. The zero-order valence-electron chi connectivity index (χ0n) is 12.5. The van der Waals surface area contributed by atoms with Crippen LogP contribution in [0.4, 0.5) is 0 Å². The van der Waals surface area contributed by atoms with Gasteiger partial charge in [-0.1, -0.05) is 41.6 Å². The van der Waals surface area contributed by atoms with Crippen molar-refractivity contribution in [2.45, 2.75) is 25.1 Å². The number of thiophene rings is 1. The molecule has 1 aliphatic heterocycles. The van der Waals surface area contributed by atoms with Gasteiger partial charge in [0, 0.05) is 23.5 Å². The third-order valence-corrected chi connectivity index (χ3v) is 4.94. The first-order chi connectivity index (χ1) is 11.3. The fourth-order valence-corrected chi connectivity index (χ4v) is 3.72. The van der Waals surface area contributed by atoms with Crippen LogP contribution in [0.25, 0.3) is 11.4 Å². The number of aliphatic hydroxyl groups is 1. The summed E-state index contributed by atoms with van der Waals surface area (Å²) < 4.78 is 5.49. The third-order valence-electron chi connectivity index (χ3n) is 4.08. The van der Waals surface area contributed by atoms with Gasteiger partial charge < -0.3 is 9.63 Å². The molecule has 0 radical (unpaired) electrons. The standard InChI is InChI=1S/C17H17N3O2S/c21-13-9-15(20(10-13)11-14-7-4-8-23-14)17-18-16(19-22-17)12-5-2-1-3-6-12/h1-8,13,15,21H,9-11H2/t13-,15+/m1/s1. The molecule has 1 aromatic carbocycles. The monoisotopic (exact) mass is 327 g/mol. The highest BCUT2D eigenvalue weighted by molar-refractivity contribution is 7.09. The molecule has 3 heterocycles. The average molecular weight is 327 g/mol. The first kappa shape index (κ1) is 14.6. The molecule has 0 aliphatic carbocycles. The molecule has 0 saturated carbocycles. The molecular formula is C17H17N3O2S. The van der Waals surface area contributed by atoms with E-state index in [1.165, 1.54) is 4.88 Å². The minimum atomic E-state index is -0.355. The Morgan fingerprint density at radius 1 is 1.22 bits per heavy atom. The lowest BCUT2D eigenvalue weighted by Gasteiger charge is -2.20. The van der Waals surface area contributed by atoms with Gasteiger partial charge in [0.05, 0.1) is 12.1 Å². The largest absolute Gasteiger partial charge is 0.392 e. The van der Waals surface area contributed by atoms with E-state index in [0.717, 1.165) is 12.1 Å². The lowest BCUT2D eigenvalue weighted by molar-refractivity contribution is 0.170. The molecule has 23 heavy (non-hydrogen) atoms. The van der Waals surface area contributed by atoms with Crippen molar-refractivity contribution in [2.75, 3.05) is 6.54 Å². The van der Waals surface area contributed by atoms with Crippen LogP contribution in [0.1, 0.15) is 23.2 Å². The molecule has 1 N–H and O–H groups in total. The molecule has 0 amide bonds. The number of hydrogen-bond acceptors (Lipinski definition) is 6. The molecule has 5 nitrogen and oxygen atoms in total. The van der Waals surface area contributed by atoms with Crippen molar-refractivity contribution >= 4 is 11.3 Å². The first-order valence-corrected chi connectivity index (χ1v) is 8.51. The fraction of sp³-hybridized carbons (Fsp3) is 0.294. The van der Waals surface area contributed by atoms with Gasteiger partial charge in [-0.25, -0.2) is 0 Å². The summed E-state index contributed by atoms with van der Waals surface area (Å²) in [6, 6.07) is 13.9. The van der Waals surface area contributed by atoms with Gasteiger partial charge in [0.2, 0.25) is 11.7 Å². The number of benzene rings is 1. The van der Waals surface area contributed by atoms with Gasteiger partial charge in [0.15, 0.2) is 0 Å². The van der Waals surface area contributed by atoms with Crippen molar-refractivity contribution in [2.24, 2.45) is 0 Å². The maximum Gasteiger partial charge on any atom is 0.244 e. The highest BCUT2D eigenvalue weighted by atomic mass is 32.1. The summed E-state index contributed by atoms with van der Waals surface area (Å²) in [7, 11) is 0. The van der Waals surface area contributed by atoms with Crippen molar-refractivity contribution in [1.29, 1.82) is 0 Å². The Balaban J connectivity index is 1.57. The summed E-state index contributed by atoms with van der Waals surface area (Å²) in [4.78, 5) is 8.03. The van der Waals surface area contributed by atoms with Crippen LogP contribution in [-0.2, 0) is 6.54 Å². The van der Waals surface area contributed by atoms with Crippen molar-refractivity contribution in [3.8, 4) is 11.4 Å². The van der Waals surface area contributed by atoms with E-state index in [4.69, 9.17) is 4.52 Å². The minimum Gasteiger partial charge on any atom is -0.392 e. The Morgan fingerprint density at radius 2 is 2.09 bits per heavy atom. The minimum absolute atomic E-state index is 0.0305. The molecular weight excluding hydrogens is 310 g/mol. The smallest absolute Gasteiger partial charge is 0.244 e. The Morgan fingerprint density at radius 3 is 2.87 bits per heavy atom. The SMILES string of the molecule is O[C@@H]1C[C@@H](c2nc(-c3ccccc3)no2)N(Cc2cccs2)C1. The molecule has 0 unspecified atom stereocenters. The predicted octanol–water partition coefficient (Wildman–Crippen LogP) is 3.11. The van der Waals surface area contributed by atoms with Gasteiger partial charge in [-0.15, -0.1) is 11.3 Å². The van der Waals surface area contributed by atoms with Gasteiger partial charge >= 0.3 is 0 Å². The quantitative estimate of drug-likeness (QED) is 0.798. The molecule has 2 aromatic heterocycles. The second-order valence-electron chi connectivity index (χ2n) is 5.74. The fourth-order valence-electron chi connectivity index (χ4n) is 2.99. The van der Waals surface area contributed by atoms with E-state index in [2.05, 4.69) is 26.5 Å². The van der Waals surface area contributed by atoms with Crippen molar-refractivity contribution in [1.82, 2.24) is 15.0 Å². The lowest BCUT2D eigenvalue weighted by atomic mass is 10.2. The Bertz CT molecular complexity index is 757. The molecule has 0 spiro atoms.